The molecule has 1 spiro atoms. The number of rotatable bonds is 3. The highest BCUT2D eigenvalue weighted by Crippen LogP contribution is 2.58. The number of amides is 1. The van der Waals surface area contributed by atoms with E-state index in [1.54, 1.807) is 19.1 Å². The van der Waals surface area contributed by atoms with Crippen molar-refractivity contribution in [3.05, 3.63) is 72.4 Å². The topological polar surface area (TPSA) is 113 Å². The van der Waals surface area contributed by atoms with Gasteiger partial charge in [-0.3, -0.25) is 14.4 Å². The first kappa shape index (κ1) is 27.0. The van der Waals surface area contributed by atoms with Crippen LogP contribution >= 0.6 is 0 Å². The number of Topliss-reactive ketones (excluding diaryl/α,β-unsaturated/α-hetero) is 1. The largest absolute Gasteiger partial charge is 0.457 e. The van der Waals surface area contributed by atoms with E-state index in [-0.39, 0.29) is 23.7 Å². The number of benzene rings is 1. The maximum atomic E-state index is 14.2. The minimum absolute atomic E-state index is 0.287. The minimum Gasteiger partial charge on any atom is -0.457 e. The predicted molar refractivity (Wildman–Crippen MR) is 139 cm³/mol. The molecule has 5 unspecified atom stereocenters. The summed E-state index contributed by atoms with van der Waals surface area (Å²) in [6, 6.07) is 9.49. The quantitative estimate of drug-likeness (QED) is 0.428. The van der Waals surface area contributed by atoms with Gasteiger partial charge in [0, 0.05) is 30.7 Å². The molecule has 1 heterocycles. The smallest absolute Gasteiger partial charge is 0.303 e. The minimum atomic E-state index is -1.82. The second-order valence-electron chi connectivity index (χ2n) is 11.0. The van der Waals surface area contributed by atoms with Gasteiger partial charge in [-0.1, -0.05) is 62.9 Å². The molecule has 7 heteroatoms. The number of ether oxygens (including phenoxy) is 1. The number of hydrogen-bond donors (Lipinski definition) is 3. The Bertz CT molecular complexity index is 1140. The van der Waals surface area contributed by atoms with Gasteiger partial charge in [0.2, 0.25) is 5.91 Å². The molecular weight excluding hydrogens is 470 g/mol. The first-order valence-corrected chi connectivity index (χ1v) is 12.9. The van der Waals surface area contributed by atoms with Gasteiger partial charge in [-0.15, -0.1) is 0 Å². The lowest BCUT2D eigenvalue weighted by Gasteiger charge is -2.52. The van der Waals surface area contributed by atoms with Gasteiger partial charge in [0.05, 0.1) is 6.10 Å². The number of aliphatic hydroxyl groups excluding tert-OH is 1. The maximum absolute atomic E-state index is 14.2. The Hall–Kier alpha value is -3.03. The highest BCUT2D eigenvalue weighted by atomic mass is 16.5. The summed E-state index contributed by atoms with van der Waals surface area (Å²) in [5.74, 6) is -3.26. The third-order valence-electron chi connectivity index (χ3n) is 8.53. The molecule has 1 aromatic rings. The zero-order chi connectivity index (χ0) is 27.1. The normalized spacial score (nSPS) is 41.6. The van der Waals surface area contributed by atoms with Crippen molar-refractivity contribution >= 4 is 17.7 Å². The van der Waals surface area contributed by atoms with Crippen molar-refractivity contribution in [1.82, 2.24) is 5.32 Å². The number of carbonyl (C=O) groups is 3. The number of ketones is 1. The number of allylic oxidation sites excluding steroid dienone is 1. The number of esters is 1. The fourth-order valence-electron chi connectivity index (χ4n) is 6.68. The summed E-state index contributed by atoms with van der Waals surface area (Å²) < 4.78 is 5.81. The van der Waals surface area contributed by atoms with Crippen LogP contribution < -0.4 is 5.32 Å². The molecule has 1 amide bonds. The van der Waals surface area contributed by atoms with Crippen LogP contribution in [0.1, 0.15) is 39.7 Å². The van der Waals surface area contributed by atoms with E-state index in [1.807, 2.05) is 37.3 Å². The lowest BCUT2D eigenvalue weighted by Crippen LogP contribution is -2.60. The fraction of sp³-hybridized carbons (Fsp3) is 0.500. The summed E-state index contributed by atoms with van der Waals surface area (Å²) in [7, 11) is 0. The molecule has 7 nitrogen and oxygen atoms in total. The molecular formula is C30H37NO6. The molecule has 0 radical (unpaired) electrons. The molecule has 1 saturated carbocycles. The molecule has 3 N–H and O–H groups in total. The van der Waals surface area contributed by atoms with Crippen LogP contribution in [-0.2, 0) is 25.5 Å². The van der Waals surface area contributed by atoms with Gasteiger partial charge in [-0.25, -0.2) is 0 Å². The molecule has 1 aromatic carbocycles. The van der Waals surface area contributed by atoms with Gasteiger partial charge < -0.3 is 20.3 Å². The third-order valence-corrected chi connectivity index (χ3v) is 8.53. The Kier molecular flexibility index (Phi) is 7.32. The Morgan fingerprint density at radius 3 is 2.51 bits per heavy atom. The van der Waals surface area contributed by atoms with Crippen molar-refractivity contribution in [3.63, 3.8) is 0 Å². The van der Waals surface area contributed by atoms with E-state index in [0.29, 0.717) is 18.4 Å². The summed E-state index contributed by atoms with van der Waals surface area (Å²) in [6.45, 7) is 10.5. The van der Waals surface area contributed by atoms with Crippen molar-refractivity contribution in [3.8, 4) is 0 Å². The molecule has 0 bridgehead atoms. The number of hydrogen-bond acceptors (Lipinski definition) is 6. The highest BCUT2D eigenvalue weighted by Gasteiger charge is 2.68. The molecule has 2 fully saturated rings. The summed E-state index contributed by atoms with van der Waals surface area (Å²) >= 11 is 0. The van der Waals surface area contributed by atoms with Crippen molar-refractivity contribution in [2.75, 3.05) is 0 Å². The zero-order valence-corrected chi connectivity index (χ0v) is 21.9. The van der Waals surface area contributed by atoms with E-state index in [1.165, 1.54) is 26.0 Å². The van der Waals surface area contributed by atoms with Gasteiger partial charge >= 0.3 is 5.97 Å². The molecule has 37 heavy (non-hydrogen) atoms. The standard InChI is InChI=1S/C30H37NO6/c1-17-10-9-13-22-26(33)19(3)18(2)25-23(16-21-11-7-6-8-12-21)31-28(35)30(22,25)24(37-20(4)32)14-15-29(5,36)27(17)34/h6-9,11-15,17-18,22-26,33,36H,3,10,16H2,1-2,4-5H3,(H,31,35)/b13-9+,15-14+/t17-,18+,22?,23?,24?,25-,26+,29?,30?/m0/s1. The second-order valence-corrected chi connectivity index (χ2v) is 11.0. The van der Waals surface area contributed by atoms with E-state index in [0.717, 1.165) is 5.56 Å². The number of carbonyl (C=O) groups excluding carboxylic acids is 3. The monoisotopic (exact) mass is 507 g/mol. The van der Waals surface area contributed by atoms with Gasteiger partial charge in [-0.05, 0) is 49.0 Å². The van der Waals surface area contributed by atoms with Gasteiger partial charge in [0.25, 0.3) is 0 Å². The second kappa shape index (κ2) is 10.0. The average molecular weight is 508 g/mol. The van der Waals surface area contributed by atoms with E-state index in [2.05, 4.69) is 11.9 Å². The van der Waals surface area contributed by atoms with Crippen LogP contribution in [0.15, 0.2) is 66.8 Å². The molecule has 2 aliphatic carbocycles. The highest BCUT2D eigenvalue weighted by molar-refractivity contribution is 5.91. The van der Waals surface area contributed by atoms with Gasteiger partial charge in [0.15, 0.2) is 5.78 Å². The molecule has 4 rings (SSSR count). The van der Waals surface area contributed by atoms with E-state index in [9.17, 15) is 24.6 Å². The van der Waals surface area contributed by atoms with Crippen LogP contribution in [-0.4, -0.2) is 51.7 Å². The lowest BCUT2D eigenvalue weighted by atomic mass is 9.51. The van der Waals surface area contributed by atoms with Crippen LogP contribution in [0.5, 0.6) is 0 Å². The molecule has 3 aliphatic rings. The van der Waals surface area contributed by atoms with Crippen LogP contribution in [0.3, 0.4) is 0 Å². The van der Waals surface area contributed by atoms with Crippen molar-refractivity contribution < 1.29 is 29.3 Å². The molecule has 1 aliphatic heterocycles. The summed E-state index contributed by atoms with van der Waals surface area (Å²) in [4.78, 5) is 39.5. The van der Waals surface area contributed by atoms with E-state index >= 15 is 0 Å². The summed E-state index contributed by atoms with van der Waals surface area (Å²) in [6.07, 6.45) is 5.01. The molecule has 9 atom stereocenters. The van der Waals surface area contributed by atoms with Crippen LogP contribution in [0.25, 0.3) is 0 Å². The van der Waals surface area contributed by atoms with Crippen LogP contribution in [0.4, 0.5) is 0 Å². The maximum Gasteiger partial charge on any atom is 0.303 e. The first-order valence-electron chi connectivity index (χ1n) is 12.9. The van der Waals surface area contributed by atoms with Crippen LogP contribution in [0.2, 0.25) is 0 Å². The van der Waals surface area contributed by atoms with E-state index < -0.39 is 46.9 Å². The van der Waals surface area contributed by atoms with Crippen molar-refractivity contribution in [1.29, 1.82) is 0 Å². The summed E-state index contributed by atoms with van der Waals surface area (Å²) in [5.41, 5.74) is -1.55. The Labute approximate surface area is 218 Å². The Morgan fingerprint density at radius 2 is 1.86 bits per heavy atom. The van der Waals surface area contributed by atoms with E-state index in [4.69, 9.17) is 4.74 Å². The Morgan fingerprint density at radius 1 is 1.19 bits per heavy atom. The fourth-order valence-corrected chi connectivity index (χ4v) is 6.68. The number of aliphatic hydroxyl groups is 2. The van der Waals surface area contributed by atoms with Gasteiger partial charge in [-0.2, -0.15) is 0 Å². The SMILES string of the molecule is C=C1[C@@H](O)C2/C=C/C[C@H](C)C(=O)C(C)(O)/C=C/C(OC(C)=O)C23C(=O)NC(Cc2ccccc2)[C@@H]3[C@@H]1C. The molecule has 1 saturated heterocycles. The predicted octanol–water partition coefficient (Wildman–Crippen LogP) is 2.92. The molecule has 0 aromatic heterocycles. The number of nitrogens with one attached hydrogen (secondary N) is 1. The Balaban J connectivity index is 1.94. The van der Waals surface area contributed by atoms with Crippen LogP contribution in [0, 0.1) is 29.1 Å². The van der Waals surface area contributed by atoms with Crippen molar-refractivity contribution in [2.45, 2.75) is 64.4 Å². The zero-order valence-electron chi connectivity index (χ0n) is 21.9. The van der Waals surface area contributed by atoms with Crippen molar-refractivity contribution in [2.24, 2.45) is 29.1 Å². The third kappa shape index (κ3) is 4.59. The summed E-state index contributed by atoms with van der Waals surface area (Å²) in [5, 5.41) is 25.7. The van der Waals surface area contributed by atoms with Gasteiger partial charge in [0.1, 0.15) is 17.1 Å². The average Bonchev–Trinajstić information content (AvgIpc) is 3.13. The molecule has 198 valence electrons. The first-order chi connectivity index (χ1) is 17.4. The lowest BCUT2D eigenvalue weighted by molar-refractivity contribution is -0.166.